The molecule has 3 heteroatoms. The predicted octanol–water partition coefficient (Wildman–Crippen LogP) is 5.74. The second-order valence-electron chi connectivity index (χ2n) is 8.61. The number of carbonyl (C=O) groups is 1. The van der Waals surface area contributed by atoms with Crippen molar-refractivity contribution in [3.63, 3.8) is 0 Å². The minimum Gasteiger partial charge on any atom is -0.459 e. The first-order valence-electron chi connectivity index (χ1n) is 9.85. The fraction of sp³-hybridized carbons (Fsp3) is 0.773. The van der Waals surface area contributed by atoms with E-state index in [2.05, 4.69) is 46.8 Å². The highest BCUT2D eigenvalue weighted by Crippen LogP contribution is 2.48. The van der Waals surface area contributed by atoms with Gasteiger partial charge in [0, 0.05) is 6.92 Å². The van der Waals surface area contributed by atoms with Crippen molar-refractivity contribution in [2.45, 2.75) is 104 Å². The fourth-order valence-electron chi connectivity index (χ4n) is 4.18. The molecule has 0 saturated carbocycles. The van der Waals surface area contributed by atoms with Gasteiger partial charge in [0.1, 0.15) is 11.7 Å². The molecule has 0 amide bonds. The molecule has 25 heavy (non-hydrogen) atoms. The summed E-state index contributed by atoms with van der Waals surface area (Å²) < 4.78 is 12.5. The van der Waals surface area contributed by atoms with Crippen molar-refractivity contribution < 1.29 is 14.3 Å². The van der Waals surface area contributed by atoms with E-state index in [-0.39, 0.29) is 17.7 Å². The first kappa shape index (κ1) is 20.2. The Morgan fingerprint density at radius 1 is 1.20 bits per heavy atom. The van der Waals surface area contributed by atoms with Crippen LogP contribution < -0.4 is 0 Å². The predicted molar refractivity (Wildman–Crippen MR) is 102 cm³/mol. The number of ether oxygens (including phenoxy) is 2. The van der Waals surface area contributed by atoms with Gasteiger partial charge in [-0.2, -0.15) is 0 Å². The highest BCUT2D eigenvalue weighted by molar-refractivity contribution is 5.66. The van der Waals surface area contributed by atoms with Crippen LogP contribution >= 0.6 is 0 Å². The number of allylic oxidation sites excluding steroid dienone is 3. The molecule has 2 aliphatic heterocycles. The fourth-order valence-corrected chi connectivity index (χ4v) is 4.18. The van der Waals surface area contributed by atoms with Crippen LogP contribution in [0.4, 0.5) is 0 Å². The normalized spacial score (nSPS) is 34.4. The van der Waals surface area contributed by atoms with Crippen molar-refractivity contribution in [2.24, 2.45) is 5.92 Å². The molecule has 2 bridgehead atoms. The van der Waals surface area contributed by atoms with E-state index < -0.39 is 5.60 Å². The van der Waals surface area contributed by atoms with Gasteiger partial charge in [-0.25, -0.2) is 0 Å². The smallest absolute Gasteiger partial charge is 0.303 e. The summed E-state index contributed by atoms with van der Waals surface area (Å²) in [5.41, 5.74) is 2.27. The Morgan fingerprint density at radius 3 is 2.52 bits per heavy atom. The number of rotatable bonds is 2. The second-order valence-corrected chi connectivity index (χ2v) is 8.61. The average Bonchev–Trinajstić information content (AvgIpc) is 2.88. The lowest BCUT2D eigenvalue weighted by atomic mass is 9.82. The van der Waals surface area contributed by atoms with Gasteiger partial charge in [-0.3, -0.25) is 4.79 Å². The molecule has 3 atom stereocenters. The van der Waals surface area contributed by atoms with E-state index in [0.29, 0.717) is 5.92 Å². The molecule has 142 valence electrons. The summed E-state index contributed by atoms with van der Waals surface area (Å²) in [6, 6.07) is 0. The number of esters is 1. The van der Waals surface area contributed by atoms with E-state index in [1.54, 1.807) is 0 Å². The molecule has 0 aromatic carbocycles. The molecule has 0 radical (unpaired) electrons. The minimum absolute atomic E-state index is 0.148. The Hall–Kier alpha value is -1.09. The molecule has 3 nitrogen and oxygen atoms in total. The highest BCUT2D eigenvalue weighted by atomic mass is 16.6. The summed E-state index contributed by atoms with van der Waals surface area (Å²) in [6.45, 7) is 12.6. The van der Waals surface area contributed by atoms with Crippen molar-refractivity contribution in [2.75, 3.05) is 0 Å². The van der Waals surface area contributed by atoms with Gasteiger partial charge in [-0.1, -0.05) is 37.1 Å². The zero-order chi connectivity index (χ0) is 18.7. The lowest BCUT2D eigenvalue weighted by molar-refractivity contribution is -0.186. The zero-order valence-corrected chi connectivity index (χ0v) is 17.0. The molecule has 2 rings (SSSR count). The first-order chi connectivity index (χ1) is 11.7. The van der Waals surface area contributed by atoms with Crippen molar-refractivity contribution in [3.8, 4) is 0 Å². The summed E-state index contributed by atoms with van der Waals surface area (Å²) >= 11 is 0. The molecule has 0 spiro atoms. The van der Waals surface area contributed by atoms with E-state index in [1.807, 2.05) is 0 Å². The molecule has 1 saturated heterocycles. The molecular formula is C22H36O3. The van der Waals surface area contributed by atoms with E-state index in [0.717, 1.165) is 44.9 Å². The molecule has 3 unspecified atom stereocenters. The maximum atomic E-state index is 11.7. The molecule has 0 aromatic rings. The maximum Gasteiger partial charge on any atom is 0.303 e. The van der Waals surface area contributed by atoms with Gasteiger partial charge in [-0.15, -0.1) is 0 Å². The van der Waals surface area contributed by atoms with Crippen molar-refractivity contribution in [3.05, 3.63) is 23.3 Å². The molecule has 0 aliphatic carbocycles. The second kappa shape index (κ2) is 8.07. The molecule has 2 aliphatic rings. The van der Waals surface area contributed by atoms with Crippen molar-refractivity contribution in [1.29, 1.82) is 0 Å². The third-order valence-electron chi connectivity index (χ3n) is 6.15. The van der Waals surface area contributed by atoms with Crippen LogP contribution in [-0.2, 0) is 14.3 Å². The lowest BCUT2D eigenvalue weighted by Gasteiger charge is -2.39. The topological polar surface area (TPSA) is 35.5 Å². The highest BCUT2D eigenvalue weighted by Gasteiger charge is 2.52. The van der Waals surface area contributed by atoms with E-state index in [1.165, 1.54) is 18.1 Å². The zero-order valence-electron chi connectivity index (χ0n) is 17.0. The SMILES string of the molecule is CC(=O)OC1CCC(C)=CCCC(C)=CCC2(C(C)C)CCC1(C)O2. The first-order valence-corrected chi connectivity index (χ1v) is 9.85. The van der Waals surface area contributed by atoms with Crippen LogP contribution in [0.15, 0.2) is 23.3 Å². The van der Waals surface area contributed by atoms with Crippen LogP contribution in [0.2, 0.25) is 0 Å². The van der Waals surface area contributed by atoms with E-state index in [9.17, 15) is 4.79 Å². The molecule has 0 aromatic heterocycles. The molecule has 1 fully saturated rings. The summed E-state index contributed by atoms with van der Waals surface area (Å²) in [5.74, 6) is 0.222. The van der Waals surface area contributed by atoms with Gasteiger partial charge in [0.25, 0.3) is 0 Å². The van der Waals surface area contributed by atoms with Crippen LogP contribution in [0.5, 0.6) is 0 Å². The van der Waals surface area contributed by atoms with Crippen LogP contribution in [-0.4, -0.2) is 23.3 Å². The van der Waals surface area contributed by atoms with Crippen LogP contribution in [0, 0.1) is 5.92 Å². The molecule has 2 heterocycles. The summed E-state index contributed by atoms with van der Waals surface area (Å²) in [7, 11) is 0. The minimum atomic E-state index is -0.397. The number of hydrogen-bond acceptors (Lipinski definition) is 3. The summed E-state index contributed by atoms with van der Waals surface area (Å²) in [5, 5.41) is 0. The number of hydrogen-bond donors (Lipinski definition) is 0. The monoisotopic (exact) mass is 348 g/mol. The number of fused-ring (bicyclic) bond motifs is 2. The standard InChI is InChI=1S/C22H36O3/c1-16(2)22-13-12-18(4)9-7-8-17(3)10-11-20(24-19(5)23)21(6,25-22)14-15-22/h8,12,16,20H,7,9-11,13-15H2,1-6H3. The van der Waals surface area contributed by atoms with E-state index >= 15 is 0 Å². The quantitative estimate of drug-likeness (QED) is 0.471. The van der Waals surface area contributed by atoms with Crippen LogP contribution in [0.1, 0.15) is 86.5 Å². The molecular weight excluding hydrogens is 312 g/mol. The molecule has 0 N–H and O–H groups in total. The van der Waals surface area contributed by atoms with Gasteiger partial charge in [0.15, 0.2) is 0 Å². The maximum absolute atomic E-state index is 11.7. The van der Waals surface area contributed by atoms with Crippen molar-refractivity contribution >= 4 is 5.97 Å². The Bertz CT molecular complexity index is 545. The summed E-state index contributed by atoms with van der Waals surface area (Å²) in [4.78, 5) is 11.7. The third kappa shape index (κ3) is 4.97. The largest absolute Gasteiger partial charge is 0.459 e. The Balaban J connectivity index is 2.35. The Kier molecular flexibility index (Phi) is 6.53. The average molecular weight is 349 g/mol. The Labute approximate surface area is 153 Å². The van der Waals surface area contributed by atoms with Gasteiger partial charge in [-0.05, 0) is 71.6 Å². The lowest BCUT2D eigenvalue weighted by Crippen LogP contribution is -2.46. The summed E-state index contributed by atoms with van der Waals surface area (Å²) in [6.07, 6.45) is 11.4. The number of carbonyl (C=O) groups excluding carboxylic acids is 1. The van der Waals surface area contributed by atoms with Gasteiger partial charge >= 0.3 is 5.97 Å². The Morgan fingerprint density at radius 2 is 1.88 bits per heavy atom. The van der Waals surface area contributed by atoms with Gasteiger partial charge in [0.05, 0.1) is 5.60 Å². The van der Waals surface area contributed by atoms with Crippen LogP contribution in [0.3, 0.4) is 0 Å². The van der Waals surface area contributed by atoms with Crippen molar-refractivity contribution in [1.82, 2.24) is 0 Å². The van der Waals surface area contributed by atoms with Crippen LogP contribution in [0.25, 0.3) is 0 Å². The van der Waals surface area contributed by atoms with E-state index in [4.69, 9.17) is 9.47 Å². The third-order valence-corrected chi connectivity index (χ3v) is 6.15. The van der Waals surface area contributed by atoms with Gasteiger partial charge in [0.2, 0.25) is 0 Å². The van der Waals surface area contributed by atoms with Gasteiger partial charge < -0.3 is 9.47 Å².